The Labute approximate surface area is 95.2 Å². The number of hydrogen-bond donors (Lipinski definition) is 0. The van der Waals surface area contributed by atoms with Gasteiger partial charge in [0, 0.05) is 33.1 Å². The Hall–Kier alpha value is -0.770. The molecule has 1 fully saturated rings. The molecular formula is C10H17ClN2O2. The number of hydrogen-bond acceptors (Lipinski definition) is 2. The van der Waals surface area contributed by atoms with Crippen molar-refractivity contribution in [2.45, 2.75) is 25.8 Å². The molecule has 15 heavy (non-hydrogen) atoms. The highest BCUT2D eigenvalue weighted by atomic mass is 35.5. The second-order valence-electron chi connectivity index (χ2n) is 3.92. The van der Waals surface area contributed by atoms with Crippen LogP contribution in [0.25, 0.3) is 0 Å². The zero-order valence-corrected chi connectivity index (χ0v) is 9.96. The predicted octanol–water partition coefficient (Wildman–Crippen LogP) is 0.695. The Morgan fingerprint density at radius 2 is 2.20 bits per heavy atom. The second kappa shape index (κ2) is 5.35. The molecule has 1 rings (SSSR count). The van der Waals surface area contributed by atoms with Gasteiger partial charge in [0.1, 0.15) is 5.88 Å². The zero-order valence-electron chi connectivity index (χ0n) is 9.20. The average molecular weight is 233 g/mol. The quantitative estimate of drug-likeness (QED) is 0.672. The van der Waals surface area contributed by atoms with Gasteiger partial charge in [0.05, 0.1) is 0 Å². The van der Waals surface area contributed by atoms with E-state index in [1.165, 1.54) is 6.92 Å². The van der Waals surface area contributed by atoms with E-state index in [1.54, 1.807) is 16.8 Å². The normalized spacial score (nSPS) is 20.5. The third kappa shape index (κ3) is 3.09. The summed E-state index contributed by atoms with van der Waals surface area (Å²) < 4.78 is 0. The van der Waals surface area contributed by atoms with E-state index in [1.807, 2.05) is 0 Å². The first kappa shape index (κ1) is 12.3. The molecule has 2 amide bonds. The molecular weight excluding hydrogens is 216 g/mol. The SMILES string of the molecule is CC(=O)N(C)C[C@@H]1CCCN1C(=O)CCl. The van der Waals surface area contributed by atoms with Gasteiger partial charge in [-0.3, -0.25) is 9.59 Å². The van der Waals surface area contributed by atoms with Crippen LogP contribution in [0, 0.1) is 0 Å². The molecule has 0 unspecified atom stereocenters. The summed E-state index contributed by atoms with van der Waals surface area (Å²) in [6.07, 6.45) is 1.96. The smallest absolute Gasteiger partial charge is 0.237 e. The number of carbonyl (C=O) groups is 2. The number of halogens is 1. The van der Waals surface area contributed by atoms with Gasteiger partial charge < -0.3 is 9.80 Å². The van der Waals surface area contributed by atoms with Crippen LogP contribution >= 0.6 is 11.6 Å². The molecule has 0 aromatic heterocycles. The molecule has 1 aliphatic rings. The van der Waals surface area contributed by atoms with Crippen molar-refractivity contribution in [1.82, 2.24) is 9.80 Å². The van der Waals surface area contributed by atoms with Crippen LogP contribution in [0.4, 0.5) is 0 Å². The number of amides is 2. The van der Waals surface area contributed by atoms with Crippen molar-refractivity contribution < 1.29 is 9.59 Å². The number of carbonyl (C=O) groups excluding carboxylic acids is 2. The lowest BCUT2D eigenvalue weighted by Gasteiger charge is -2.27. The van der Waals surface area contributed by atoms with Crippen molar-refractivity contribution in [2.24, 2.45) is 0 Å². The van der Waals surface area contributed by atoms with Gasteiger partial charge in [0.15, 0.2) is 0 Å². The van der Waals surface area contributed by atoms with Gasteiger partial charge in [0.2, 0.25) is 11.8 Å². The summed E-state index contributed by atoms with van der Waals surface area (Å²) in [5.74, 6) is 0.0246. The van der Waals surface area contributed by atoms with Crippen molar-refractivity contribution in [3.63, 3.8) is 0 Å². The fourth-order valence-corrected chi connectivity index (χ4v) is 2.03. The molecule has 1 aliphatic heterocycles. The summed E-state index contributed by atoms with van der Waals surface area (Å²) in [5.41, 5.74) is 0. The van der Waals surface area contributed by atoms with Gasteiger partial charge in [-0.05, 0) is 12.8 Å². The molecule has 0 saturated carbocycles. The number of alkyl halides is 1. The number of likely N-dealkylation sites (tertiary alicyclic amines) is 1. The van der Waals surface area contributed by atoms with Crippen molar-refractivity contribution >= 4 is 23.4 Å². The molecule has 4 nitrogen and oxygen atoms in total. The molecule has 0 bridgehead atoms. The first-order valence-electron chi connectivity index (χ1n) is 5.13. The first-order valence-corrected chi connectivity index (χ1v) is 5.67. The monoisotopic (exact) mass is 232 g/mol. The van der Waals surface area contributed by atoms with Crippen LogP contribution < -0.4 is 0 Å². The van der Waals surface area contributed by atoms with E-state index in [4.69, 9.17) is 11.6 Å². The van der Waals surface area contributed by atoms with E-state index in [9.17, 15) is 9.59 Å². The first-order chi connectivity index (χ1) is 7.06. The lowest BCUT2D eigenvalue weighted by atomic mass is 10.2. The molecule has 1 heterocycles. The molecule has 0 spiro atoms. The minimum absolute atomic E-state index is 0.0279. The van der Waals surface area contributed by atoms with Crippen molar-refractivity contribution in [3.05, 3.63) is 0 Å². The van der Waals surface area contributed by atoms with E-state index in [0.717, 1.165) is 19.4 Å². The molecule has 0 aliphatic carbocycles. The summed E-state index contributed by atoms with van der Waals surface area (Å²) in [6, 6.07) is 0.144. The minimum Gasteiger partial charge on any atom is -0.344 e. The Morgan fingerprint density at radius 3 is 2.73 bits per heavy atom. The summed E-state index contributed by atoms with van der Waals surface area (Å²) >= 11 is 5.52. The lowest BCUT2D eigenvalue weighted by Crippen LogP contribution is -2.43. The fraction of sp³-hybridized carbons (Fsp3) is 0.800. The number of rotatable bonds is 3. The van der Waals surface area contributed by atoms with Gasteiger partial charge in [-0.2, -0.15) is 0 Å². The van der Waals surface area contributed by atoms with Crippen molar-refractivity contribution in [3.8, 4) is 0 Å². The van der Waals surface area contributed by atoms with Gasteiger partial charge in [0.25, 0.3) is 0 Å². The Morgan fingerprint density at radius 1 is 1.53 bits per heavy atom. The molecule has 5 heteroatoms. The zero-order chi connectivity index (χ0) is 11.4. The van der Waals surface area contributed by atoms with E-state index in [2.05, 4.69) is 0 Å². The topological polar surface area (TPSA) is 40.6 Å². The van der Waals surface area contributed by atoms with Gasteiger partial charge >= 0.3 is 0 Å². The van der Waals surface area contributed by atoms with E-state index in [-0.39, 0.29) is 23.7 Å². The largest absolute Gasteiger partial charge is 0.344 e. The Kier molecular flexibility index (Phi) is 4.39. The second-order valence-corrected chi connectivity index (χ2v) is 4.18. The third-order valence-corrected chi connectivity index (χ3v) is 3.06. The van der Waals surface area contributed by atoms with E-state index < -0.39 is 0 Å². The average Bonchev–Trinajstić information content (AvgIpc) is 2.64. The number of nitrogens with zero attached hydrogens (tertiary/aromatic N) is 2. The fourth-order valence-electron chi connectivity index (χ4n) is 1.88. The summed E-state index contributed by atoms with van der Waals surface area (Å²) in [6.45, 7) is 2.91. The van der Waals surface area contributed by atoms with Crippen LogP contribution in [0.1, 0.15) is 19.8 Å². The highest BCUT2D eigenvalue weighted by Crippen LogP contribution is 2.18. The summed E-state index contributed by atoms with van der Waals surface area (Å²) in [5, 5.41) is 0. The predicted molar refractivity (Wildman–Crippen MR) is 58.8 cm³/mol. The summed E-state index contributed by atoms with van der Waals surface area (Å²) in [4.78, 5) is 26.0. The highest BCUT2D eigenvalue weighted by Gasteiger charge is 2.29. The maximum atomic E-state index is 11.5. The maximum absolute atomic E-state index is 11.5. The minimum atomic E-state index is -0.0314. The van der Waals surface area contributed by atoms with Crippen LogP contribution in [0.2, 0.25) is 0 Å². The lowest BCUT2D eigenvalue weighted by molar-refractivity contribution is -0.133. The van der Waals surface area contributed by atoms with Crippen LogP contribution in [0.5, 0.6) is 0 Å². The molecule has 0 N–H and O–H groups in total. The molecule has 0 aromatic carbocycles. The van der Waals surface area contributed by atoms with Crippen molar-refractivity contribution in [2.75, 3.05) is 26.0 Å². The molecule has 1 atom stereocenters. The van der Waals surface area contributed by atoms with E-state index in [0.29, 0.717) is 6.54 Å². The molecule has 0 aromatic rings. The van der Waals surface area contributed by atoms with Gasteiger partial charge in [-0.1, -0.05) is 0 Å². The van der Waals surface area contributed by atoms with Crippen molar-refractivity contribution in [1.29, 1.82) is 0 Å². The van der Waals surface area contributed by atoms with Crippen LogP contribution in [0.3, 0.4) is 0 Å². The van der Waals surface area contributed by atoms with Gasteiger partial charge in [-0.15, -0.1) is 11.6 Å². The molecule has 86 valence electrons. The highest BCUT2D eigenvalue weighted by molar-refractivity contribution is 6.27. The number of likely N-dealkylation sites (N-methyl/N-ethyl adjacent to an activating group) is 1. The third-order valence-electron chi connectivity index (χ3n) is 2.83. The maximum Gasteiger partial charge on any atom is 0.237 e. The molecule has 0 radical (unpaired) electrons. The van der Waals surface area contributed by atoms with Crippen LogP contribution in [-0.4, -0.2) is 53.7 Å². The Balaban J connectivity index is 2.53. The van der Waals surface area contributed by atoms with Crippen LogP contribution in [0.15, 0.2) is 0 Å². The Bertz CT molecular complexity index is 258. The summed E-state index contributed by atoms with van der Waals surface area (Å²) in [7, 11) is 1.75. The van der Waals surface area contributed by atoms with Gasteiger partial charge in [-0.25, -0.2) is 0 Å². The van der Waals surface area contributed by atoms with Crippen LogP contribution in [-0.2, 0) is 9.59 Å². The van der Waals surface area contributed by atoms with E-state index >= 15 is 0 Å². The standard InChI is InChI=1S/C10H17ClN2O2/c1-8(14)12(2)7-9-4-3-5-13(9)10(15)6-11/h9H,3-7H2,1-2H3/t9-/m0/s1. The molecule has 1 saturated heterocycles.